The van der Waals surface area contributed by atoms with Gasteiger partial charge in [0, 0.05) is 30.2 Å². The molecule has 1 aromatic carbocycles. The Morgan fingerprint density at radius 1 is 1.33 bits per heavy atom. The maximum atomic E-state index is 12.9. The molecule has 0 unspecified atom stereocenters. The lowest BCUT2D eigenvalue weighted by molar-refractivity contribution is 0.0919. The number of nitrogens with two attached hydrogens (primary N) is 1. The highest BCUT2D eigenvalue weighted by Crippen LogP contribution is 2.43. The number of thiophene rings is 1. The van der Waals surface area contributed by atoms with Gasteiger partial charge in [-0.3, -0.25) is 4.79 Å². The Morgan fingerprint density at radius 3 is 3.00 bits per heavy atom. The second-order valence-electron chi connectivity index (χ2n) is 9.69. The van der Waals surface area contributed by atoms with Gasteiger partial charge in [0.15, 0.2) is 0 Å². The zero-order chi connectivity index (χ0) is 22.6. The van der Waals surface area contributed by atoms with E-state index in [1.807, 2.05) is 31.2 Å². The molecule has 1 amide bonds. The molecule has 2 atom stereocenters. The molecule has 8 heteroatoms. The minimum Gasteiger partial charge on any atom is -0.491 e. The highest BCUT2D eigenvalue weighted by atomic mass is 32.1. The number of nitrogens with zero attached hydrogens (tertiary/aromatic N) is 1. The molecule has 0 radical (unpaired) electrons. The normalized spacial score (nSPS) is 23.1. The number of anilines is 1. The van der Waals surface area contributed by atoms with E-state index in [-0.39, 0.29) is 18.1 Å². The number of aryl methyl sites for hydroxylation is 1. The quantitative estimate of drug-likeness (QED) is 0.547. The highest BCUT2D eigenvalue weighted by Gasteiger charge is 2.44. The number of rotatable bonds is 4. The molecule has 1 saturated carbocycles. The van der Waals surface area contributed by atoms with Crippen molar-refractivity contribution in [3.8, 4) is 11.5 Å². The van der Waals surface area contributed by atoms with Gasteiger partial charge in [-0.1, -0.05) is 6.07 Å². The molecular weight excluding hydrogens is 436 g/mol. The van der Waals surface area contributed by atoms with Crippen molar-refractivity contribution < 1.29 is 14.3 Å². The third kappa shape index (κ3) is 3.81. The lowest BCUT2D eigenvalue weighted by Gasteiger charge is -2.39. The van der Waals surface area contributed by atoms with E-state index in [0.717, 1.165) is 58.9 Å². The van der Waals surface area contributed by atoms with Crippen LogP contribution < -0.4 is 25.8 Å². The summed E-state index contributed by atoms with van der Waals surface area (Å²) in [6.45, 7) is 4.59. The summed E-state index contributed by atoms with van der Waals surface area (Å²) in [6, 6.07) is 9.79. The molecule has 2 aliphatic heterocycles. The molecule has 3 aliphatic rings. The Morgan fingerprint density at radius 2 is 2.21 bits per heavy atom. The standard InChI is InChI=1S/C25H28N4O3S/c1-14-2-5-19-21(26)22(33-24(19)28-14)23(30)29-16-8-15-3-4-17(9-20(15)31-11-16)32-18-6-7-25(10-18)12-27-13-25/h2-5,9,16,18,27H,6-8,10-13,26H2,1H3,(H,29,30)/t16-,18-/m1/s1. The number of pyridine rings is 1. The van der Waals surface area contributed by atoms with Gasteiger partial charge in [-0.15, -0.1) is 11.3 Å². The first-order valence-corrected chi connectivity index (χ1v) is 12.4. The van der Waals surface area contributed by atoms with Crippen LogP contribution in [0.25, 0.3) is 10.2 Å². The fourth-order valence-corrected chi connectivity index (χ4v) is 6.32. The van der Waals surface area contributed by atoms with E-state index in [0.29, 0.717) is 29.0 Å². The van der Waals surface area contributed by atoms with Gasteiger partial charge < -0.3 is 25.8 Å². The number of nitrogen functional groups attached to an aromatic ring is 1. The lowest BCUT2D eigenvalue weighted by atomic mass is 9.80. The number of fused-ring (bicyclic) bond motifs is 2. The van der Waals surface area contributed by atoms with E-state index < -0.39 is 0 Å². The molecule has 172 valence electrons. The number of benzene rings is 1. The van der Waals surface area contributed by atoms with Crippen LogP contribution in [0.3, 0.4) is 0 Å². The average molecular weight is 465 g/mol. The number of ether oxygens (including phenoxy) is 2. The molecule has 1 spiro atoms. The Bertz CT molecular complexity index is 1240. The maximum absolute atomic E-state index is 12.9. The molecule has 33 heavy (non-hydrogen) atoms. The molecule has 3 aromatic rings. The van der Waals surface area contributed by atoms with Gasteiger partial charge >= 0.3 is 0 Å². The van der Waals surface area contributed by atoms with Crippen LogP contribution in [0.5, 0.6) is 11.5 Å². The van der Waals surface area contributed by atoms with Crippen molar-refractivity contribution in [1.82, 2.24) is 15.6 Å². The molecule has 4 heterocycles. The third-order valence-electron chi connectivity index (χ3n) is 7.18. The van der Waals surface area contributed by atoms with Crippen LogP contribution in [0.1, 0.15) is 40.2 Å². The summed E-state index contributed by atoms with van der Waals surface area (Å²) >= 11 is 1.33. The number of aromatic nitrogens is 1. The number of nitrogens with one attached hydrogen (secondary N) is 2. The molecule has 1 saturated heterocycles. The lowest BCUT2D eigenvalue weighted by Crippen LogP contribution is -2.52. The van der Waals surface area contributed by atoms with Gasteiger partial charge in [0.2, 0.25) is 0 Å². The van der Waals surface area contributed by atoms with Crippen LogP contribution in [0, 0.1) is 12.3 Å². The minimum atomic E-state index is -0.175. The van der Waals surface area contributed by atoms with Crippen molar-refractivity contribution in [1.29, 1.82) is 0 Å². The molecule has 6 rings (SSSR count). The third-order valence-corrected chi connectivity index (χ3v) is 8.29. The molecule has 7 nitrogen and oxygen atoms in total. The number of amides is 1. The van der Waals surface area contributed by atoms with Gasteiger partial charge in [0.1, 0.15) is 27.8 Å². The van der Waals surface area contributed by atoms with Gasteiger partial charge in [-0.25, -0.2) is 4.98 Å². The van der Waals surface area contributed by atoms with Crippen molar-refractivity contribution in [3.63, 3.8) is 0 Å². The Hall–Kier alpha value is -2.84. The number of carbonyl (C=O) groups excluding carboxylic acids is 1. The fraction of sp³-hybridized carbons (Fsp3) is 0.440. The summed E-state index contributed by atoms with van der Waals surface area (Å²) in [5.41, 5.74) is 9.18. The van der Waals surface area contributed by atoms with Crippen LogP contribution >= 0.6 is 11.3 Å². The van der Waals surface area contributed by atoms with Crippen LogP contribution in [0.15, 0.2) is 30.3 Å². The summed E-state index contributed by atoms with van der Waals surface area (Å²) in [4.78, 5) is 18.7. The summed E-state index contributed by atoms with van der Waals surface area (Å²) in [6.07, 6.45) is 4.48. The van der Waals surface area contributed by atoms with Crippen LogP contribution in [0.2, 0.25) is 0 Å². The van der Waals surface area contributed by atoms with Crippen molar-refractivity contribution in [2.45, 2.75) is 44.8 Å². The van der Waals surface area contributed by atoms with E-state index in [9.17, 15) is 4.79 Å². The Labute approximate surface area is 196 Å². The minimum absolute atomic E-state index is 0.114. The SMILES string of the molecule is Cc1ccc2c(N)c(C(=O)N[C@H]3COc4cc(O[C@@H]5CCC6(CNC6)C5)ccc4C3)sc2n1. The van der Waals surface area contributed by atoms with Crippen molar-refractivity contribution in [2.75, 3.05) is 25.4 Å². The predicted octanol–water partition coefficient (Wildman–Crippen LogP) is 3.44. The van der Waals surface area contributed by atoms with Gasteiger partial charge in [0.25, 0.3) is 5.91 Å². The fourth-order valence-electron chi connectivity index (χ4n) is 5.27. The first-order chi connectivity index (χ1) is 16.0. The van der Waals surface area contributed by atoms with E-state index >= 15 is 0 Å². The number of hydrogen-bond acceptors (Lipinski definition) is 7. The van der Waals surface area contributed by atoms with Crippen LogP contribution in [-0.4, -0.2) is 42.7 Å². The van der Waals surface area contributed by atoms with Crippen LogP contribution in [-0.2, 0) is 6.42 Å². The van der Waals surface area contributed by atoms with Crippen molar-refractivity contribution in [3.05, 3.63) is 46.5 Å². The zero-order valence-corrected chi connectivity index (χ0v) is 19.5. The number of hydrogen-bond donors (Lipinski definition) is 3. The first kappa shape index (κ1) is 20.7. The number of carbonyl (C=O) groups is 1. The first-order valence-electron chi connectivity index (χ1n) is 11.6. The van der Waals surface area contributed by atoms with Gasteiger partial charge in [-0.2, -0.15) is 0 Å². The highest BCUT2D eigenvalue weighted by molar-refractivity contribution is 7.21. The van der Waals surface area contributed by atoms with E-state index in [1.54, 1.807) is 0 Å². The molecular formula is C25H28N4O3S. The molecule has 0 bridgehead atoms. The maximum Gasteiger partial charge on any atom is 0.263 e. The van der Waals surface area contributed by atoms with Crippen molar-refractivity contribution in [2.24, 2.45) is 5.41 Å². The summed E-state index contributed by atoms with van der Waals surface area (Å²) in [5.74, 6) is 1.54. The largest absolute Gasteiger partial charge is 0.491 e. The smallest absolute Gasteiger partial charge is 0.263 e. The molecule has 2 fully saturated rings. The average Bonchev–Trinajstić information content (AvgIpc) is 3.35. The van der Waals surface area contributed by atoms with Gasteiger partial charge in [-0.05, 0) is 61.8 Å². The molecule has 1 aliphatic carbocycles. The summed E-state index contributed by atoms with van der Waals surface area (Å²) in [7, 11) is 0. The Kier molecular flexibility index (Phi) is 4.96. The second kappa shape index (κ2) is 7.88. The van der Waals surface area contributed by atoms with Crippen LogP contribution in [0.4, 0.5) is 5.69 Å². The predicted molar refractivity (Wildman–Crippen MR) is 129 cm³/mol. The monoisotopic (exact) mass is 464 g/mol. The van der Waals surface area contributed by atoms with Crippen molar-refractivity contribution >= 4 is 33.1 Å². The molecule has 2 aromatic heterocycles. The van der Waals surface area contributed by atoms with E-state index in [4.69, 9.17) is 15.2 Å². The summed E-state index contributed by atoms with van der Waals surface area (Å²) in [5, 5.41) is 7.31. The zero-order valence-electron chi connectivity index (χ0n) is 18.6. The topological polar surface area (TPSA) is 98.5 Å². The molecule has 4 N–H and O–H groups in total. The van der Waals surface area contributed by atoms with E-state index in [1.165, 1.54) is 17.8 Å². The summed E-state index contributed by atoms with van der Waals surface area (Å²) < 4.78 is 12.3. The second-order valence-corrected chi connectivity index (χ2v) is 10.7. The van der Waals surface area contributed by atoms with E-state index in [2.05, 4.69) is 21.7 Å². The Balaban J connectivity index is 1.11. The van der Waals surface area contributed by atoms with Gasteiger partial charge in [0.05, 0.1) is 17.8 Å².